The molecule has 2 N–H and O–H groups in total. The fourth-order valence-electron chi connectivity index (χ4n) is 3.93. The van der Waals surface area contributed by atoms with E-state index in [-0.39, 0.29) is 11.9 Å². The number of rotatable bonds is 3. The maximum atomic E-state index is 11.9. The zero-order chi connectivity index (χ0) is 17.4. The zero-order valence-electron chi connectivity index (χ0n) is 14.6. The van der Waals surface area contributed by atoms with E-state index in [0.29, 0.717) is 25.0 Å². The molecule has 3 aliphatic rings. The minimum Gasteiger partial charge on any atom is -0.368 e. The van der Waals surface area contributed by atoms with Gasteiger partial charge in [-0.2, -0.15) is 0 Å². The van der Waals surface area contributed by atoms with Crippen LogP contribution in [0.25, 0.3) is 0 Å². The van der Waals surface area contributed by atoms with Gasteiger partial charge < -0.3 is 10.2 Å². The van der Waals surface area contributed by atoms with Crippen molar-refractivity contribution in [3.63, 3.8) is 0 Å². The van der Waals surface area contributed by atoms with Gasteiger partial charge in [-0.25, -0.2) is 4.79 Å². The summed E-state index contributed by atoms with van der Waals surface area (Å²) < 4.78 is 0. The normalized spacial score (nSPS) is 25.7. The number of carbonyl (C=O) groups excluding carboxylic acids is 2. The molecule has 3 amide bonds. The Balaban J connectivity index is 1.36. The lowest BCUT2D eigenvalue weighted by Gasteiger charge is -2.50. The van der Waals surface area contributed by atoms with Crippen molar-refractivity contribution < 1.29 is 9.59 Å². The van der Waals surface area contributed by atoms with Crippen LogP contribution in [0.15, 0.2) is 24.3 Å². The highest BCUT2D eigenvalue weighted by Gasteiger charge is 2.35. The second-order valence-electron chi connectivity index (χ2n) is 7.12. The molecule has 1 aromatic carbocycles. The summed E-state index contributed by atoms with van der Waals surface area (Å²) in [5, 5.41) is 5.80. The van der Waals surface area contributed by atoms with Gasteiger partial charge in [0.1, 0.15) is 0 Å². The van der Waals surface area contributed by atoms with Gasteiger partial charge in [-0.3, -0.25) is 19.9 Å². The summed E-state index contributed by atoms with van der Waals surface area (Å²) in [6.45, 7) is 8.13. The average molecular weight is 343 g/mol. The van der Waals surface area contributed by atoms with Crippen LogP contribution in [-0.4, -0.2) is 68.2 Å². The highest BCUT2D eigenvalue weighted by Crippen LogP contribution is 2.28. The molecule has 3 heterocycles. The molecule has 0 bridgehead atoms. The van der Waals surface area contributed by atoms with Crippen molar-refractivity contribution in [2.75, 3.05) is 49.1 Å². The quantitative estimate of drug-likeness (QED) is 0.842. The van der Waals surface area contributed by atoms with E-state index in [0.717, 1.165) is 38.4 Å². The molecule has 0 unspecified atom stereocenters. The molecule has 3 saturated heterocycles. The van der Waals surface area contributed by atoms with Crippen LogP contribution in [0.3, 0.4) is 0 Å². The molecule has 7 heteroatoms. The predicted octanol–water partition coefficient (Wildman–Crippen LogP) is 0.615. The fourth-order valence-corrected chi connectivity index (χ4v) is 3.93. The Kier molecular flexibility index (Phi) is 4.35. The Morgan fingerprint density at radius 2 is 1.76 bits per heavy atom. The Labute approximate surface area is 147 Å². The molecule has 3 fully saturated rings. The minimum absolute atomic E-state index is 0.202. The van der Waals surface area contributed by atoms with Crippen LogP contribution in [-0.2, 0) is 4.79 Å². The van der Waals surface area contributed by atoms with E-state index in [1.165, 1.54) is 5.69 Å². The number of nitrogens with zero attached hydrogens (tertiary/aromatic N) is 3. The molecule has 1 aromatic rings. The number of hydrogen-bond donors (Lipinski definition) is 2. The third-order valence-corrected chi connectivity index (χ3v) is 5.46. The lowest BCUT2D eigenvalue weighted by Crippen LogP contribution is -2.65. The number of anilines is 2. The molecule has 7 nitrogen and oxygen atoms in total. The van der Waals surface area contributed by atoms with Crippen LogP contribution in [0, 0.1) is 0 Å². The van der Waals surface area contributed by atoms with Gasteiger partial charge in [0.2, 0.25) is 5.91 Å². The van der Waals surface area contributed by atoms with Crippen molar-refractivity contribution in [2.24, 2.45) is 0 Å². The first-order chi connectivity index (χ1) is 12.1. The second-order valence-corrected chi connectivity index (χ2v) is 7.12. The van der Waals surface area contributed by atoms with E-state index in [9.17, 15) is 9.59 Å². The molecule has 25 heavy (non-hydrogen) atoms. The summed E-state index contributed by atoms with van der Waals surface area (Å²) in [6.07, 6.45) is 0.351. The number of carbonyl (C=O) groups is 2. The summed E-state index contributed by atoms with van der Waals surface area (Å²) in [5.41, 5.74) is 2.03. The molecule has 4 rings (SSSR count). The van der Waals surface area contributed by atoms with E-state index in [2.05, 4.69) is 39.5 Å². The molecule has 1 atom stereocenters. The van der Waals surface area contributed by atoms with Crippen LogP contribution >= 0.6 is 0 Å². The number of benzene rings is 1. The molecule has 134 valence electrons. The van der Waals surface area contributed by atoms with Gasteiger partial charge >= 0.3 is 6.03 Å². The Hall–Kier alpha value is -2.12. The molecule has 3 aliphatic heterocycles. The summed E-state index contributed by atoms with van der Waals surface area (Å²) in [7, 11) is 0. The molecule has 0 radical (unpaired) electrons. The molecule has 0 saturated carbocycles. The van der Waals surface area contributed by atoms with Gasteiger partial charge in [-0.05, 0) is 31.2 Å². The van der Waals surface area contributed by atoms with Crippen molar-refractivity contribution in [1.29, 1.82) is 0 Å². The van der Waals surface area contributed by atoms with E-state index in [1.54, 1.807) is 4.90 Å². The Bertz CT molecular complexity index is 656. The Morgan fingerprint density at radius 3 is 2.44 bits per heavy atom. The highest BCUT2D eigenvalue weighted by molar-refractivity contribution is 6.05. The standard InChI is InChI=1S/C18H25N5O2/c1-13-10-19-7-9-22(13)16-11-21(12-16)14-2-4-15(5-3-14)23-8-6-17(24)20-18(23)25/h2-5,13,16,19H,6-12H2,1H3,(H,20,24,25)/t13-/m1/s1. The topological polar surface area (TPSA) is 67.9 Å². The molecule has 0 aromatic heterocycles. The van der Waals surface area contributed by atoms with Crippen LogP contribution in [0.5, 0.6) is 0 Å². The highest BCUT2D eigenvalue weighted by atomic mass is 16.2. The third-order valence-electron chi connectivity index (χ3n) is 5.46. The zero-order valence-corrected chi connectivity index (χ0v) is 14.6. The van der Waals surface area contributed by atoms with Crippen molar-refractivity contribution in [2.45, 2.75) is 25.4 Å². The van der Waals surface area contributed by atoms with Gasteiger partial charge in [-0.1, -0.05) is 0 Å². The van der Waals surface area contributed by atoms with Gasteiger partial charge in [0.25, 0.3) is 0 Å². The molecular weight excluding hydrogens is 318 g/mol. The van der Waals surface area contributed by atoms with E-state index >= 15 is 0 Å². The molecular formula is C18H25N5O2. The summed E-state index contributed by atoms with van der Waals surface area (Å²) >= 11 is 0. The van der Waals surface area contributed by atoms with Crippen LogP contribution in [0.4, 0.5) is 16.2 Å². The smallest absolute Gasteiger partial charge is 0.328 e. The molecule has 0 aliphatic carbocycles. The largest absolute Gasteiger partial charge is 0.368 e. The maximum Gasteiger partial charge on any atom is 0.328 e. The van der Waals surface area contributed by atoms with Gasteiger partial charge in [-0.15, -0.1) is 0 Å². The fraction of sp³-hybridized carbons (Fsp3) is 0.556. The van der Waals surface area contributed by atoms with Crippen molar-refractivity contribution in [1.82, 2.24) is 15.5 Å². The first-order valence-corrected chi connectivity index (χ1v) is 9.04. The first kappa shape index (κ1) is 16.4. The summed E-state index contributed by atoms with van der Waals surface area (Å²) in [4.78, 5) is 29.8. The van der Waals surface area contributed by atoms with Crippen LogP contribution in [0.1, 0.15) is 13.3 Å². The van der Waals surface area contributed by atoms with Gasteiger partial charge in [0.05, 0.1) is 0 Å². The SMILES string of the molecule is C[C@@H]1CNCCN1C1CN(c2ccc(N3CCC(=O)NC3=O)cc2)C1. The summed E-state index contributed by atoms with van der Waals surface area (Å²) in [5.74, 6) is -0.202. The first-order valence-electron chi connectivity index (χ1n) is 9.04. The van der Waals surface area contributed by atoms with Gasteiger partial charge in [0.15, 0.2) is 0 Å². The lowest BCUT2D eigenvalue weighted by atomic mass is 10.0. The predicted molar refractivity (Wildman–Crippen MR) is 97.0 cm³/mol. The van der Waals surface area contributed by atoms with E-state index < -0.39 is 0 Å². The average Bonchev–Trinajstić information content (AvgIpc) is 2.56. The Morgan fingerprint density at radius 1 is 1.04 bits per heavy atom. The minimum atomic E-state index is -0.333. The van der Waals surface area contributed by atoms with Crippen molar-refractivity contribution in [3.05, 3.63) is 24.3 Å². The van der Waals surface area contributed by atoms with Crippen molar-refractivity contribution >= 4 is 23.3 Å². The summed E-state index contributed by atoms with van der Waals surface area (Å²) in [6, 6.07) is 8.96. The van der Waals surface area contributed by atoms with Crippen molar-refractivity contribution in [3.8, 4) is 0 Å². The van der Waals surface area contributed by atoms with Crippen LogP contribution in [0.2, 0.25) is 0 Å². The van der Waals surface area contributed by atoms with Crippen LogP contribution < -0.4 is 20.4 Å². The van der Waals surface area contributed by atoms with Gasteiger partial charge in [0, 0.05) is 69.1 Å². The lowest BCUT2D eigenvalue weighted by molar-refractivity contribution is -0.120. The van der Waals surface area contributed by atoms with E-state index in [1.807, 2.05) is 12.1 Å². The third kappa shape index (κ3) is 3.21. The number of amides is 3. The number of nitrogens with one attached hydrogen (secondary N) is 2. The maximum absolute atomic E-state index is 11.9. The number of urea groups is 1. The number of imide groups is 1. The second kappa shape index (κ2) is 6.65. The molecule has 0 spiro atoms. The number of piperazine rings is 1. The van der Waals surface area contributed by atoms with E-state index in [4.69, 9.17) is 0 Å². The number of hydrogen-bond acceptors (Lipinski definition) is 5. The monoisotopic (exact) mass is 343 g/mol.